The second kappa shape index (κ2) is 12.0. The van der Waals surface area contributed by atoms with Crippen molar-refractivity contribution in [1.82, 2.24) is 34.0 Å². The molecule has 46 heavy (non-hydrogen) atoms. The first-order valence-corrected chi connectivity index (χ1v) is 14.0. The average molecular weight is 634 g/mol. The van der Waals surface area contributed by atoms with Crippen molar-refractivity contribution in [3.8, 4) is 5.82 Å². The number of alkyl halides is 3. The van der Waals surface area contributed by atoms with Crippen molar-refractivity contribution in [1.29, 1.82) is 0 Å². The molecule has 0 radical (unpaired) electrons. The van der Waals surface area contributed by atoms with E-state index in [0.717, 1.165) is 31.9 Å². The summed E-state index contributed by atoms with van der Waals surface area (Å²) in [5.74, 6) is -1.82. The van der Waals surface area contributed by atoms with Crippen LogP contribution in [0, 0.1) is 0 Å². The van der Waals surface area contributed by atoms with E-state index in [1.807, 2.05) is 18.2 Å². The Labute approximate surface area is 257 Å². The van der Waals surface area contributed by atoms with Gasteiger partial charge >= 0.3 is 12.1 Å². The van der Waals surface area contributed by atoms with Crippen molar-refractivity contribution < 1.29 is 23.1 Å². The highest BCUT2D eigenvalue weighted by molar-refractivity contribution is 5.95. The number of benzene rings is 2. The molecule has 0 spiro atoms. The van der Waals surface area contributed by atoms with Crippen molar-refractivity contribution >= 4 is 50.9 Å². The molecule has 0 unspecified atom stereocenters. The number of carboxylic acids is 1. The first-order valence-electron chi connectivity index (χ1n) is 14.0. The highest BCUT2D eigenvalue weighted by atomic mass is 19.4. The maximum absolute atomic E-state index is 13.7. The van der Waals surface area contributed by atoms with E-state index in [-0.39, 0.29) is 22.0 Å². The third kappa shape index (κ3) is 5.84. The minimum atomic E-state index is -5.08. The zero-order valence-electron chi connectivity index (χ0n) is 24.2. The van der Waals surface area contributed by atoms with Gasteiger partial charge in [-0.05, 0) is 55.6 Å². The van der Waals surface area contributed by atoms with Crippen LogP contribution in [0.2, 0.25) is 0 Å². The van der Waals surface area contributed by atoms with E-state index in [1.165, 1.54) is 22.5 Å². The molecule has 1 fully saturated rings. The van der Waals surface area contributed by atoms with Gasteiger partial charge in [0.1, 0.15) is 11.0 Å². The number of aliphatic carboxylic acids is 1. The molecule has 7 rings (SSSR count). The van der Waals surface area contributed by atoms with Crippen LogP contribution in [0.15, 0.2) is 82.6 Å². The van der Waals surface area contributed by atoms with Gasteiger partial charge in [-0.15, -0.1) is 0 Å². The number of aromatic amines is 1. The molecule has 4 aromatic heterocycles. The fraction of sp³-hybridized carbons (Fsp3) is 0.200. The first kappa shape index (κ1) is 30.3. The number of anilines is 3. The van der Waals surface area contributed by atoms with Crippen LogP contribution in [0.1, 0.15) is 0 Å². The number of nitrogens with one attached hydrogen (secondary N) is 2. The number of halogens is 3. The predicted molar refractivity (Wildman–Crippen MR) is 165 cm³/mol. The van der Waals surface area contributed by atoms with Gasteiger partial charge in [0.15, 0.2) is 16.9 Å². The smallest absolute Gasteiger partial charge is 0.475 e. The molecule has 16 heteroatoms. The molecule has 0 saturated carbocycles. The quantitative estimate of drug-likeness (QED) is 0.263. The van der Waals surface area contributed by atoms with Gasteiger partial charge in [0.25, 0.3) is 5.56 Å². The Kier molecular flexibility index (Phi) is 7.87. The number of nitrogens with zero attached hydrogens (tertiary/aromatic N) is 7. The van der Waals surface area contributed by atoms with Gasteiger partial charge in [0.05, 0.1) is 10.9 Å². The van der Waals surface area contributed by atoms with E-state index in [4.69, 9.17) is 14.9 Å². The highest BCUT2D eigenvalue weighted by Crippen LogP contribution is 2.24. The lowest BCUT2D eigenvalue weighted by molar-refractivity contribution is -0.192. The Morgan fingerprint density at radius 2 is 1.67 bits per heavy atom. The Morgan fingerprint density at radius 1 is 0.957 bits per heavy atom. The number of piperazine rings is 1. The largest absolute Gasteiger partial charge is 0.490 e. The number of aromatic nitrogens is 6. The Hall–Kier alpha value is -5.77. The van der Waals surface area contributed by atoms with Crippen LogP contribution >= 0.6 is 0 Å². The number of carboxylic acid groups (broad SMARTS) is 1. The van der Waals surface area contributed by atoms with Gasteiger partial charge in [0, 0.05) is 49.9 Å². The number of likely N-dealkylation sites (N-methyl/N-ethyl adjacent to an activating group) is 1. The number of hydrogen-bond acceptors (Lipinski definition) is 9. The van der Waals surface area contributed by atoms with Crippen LogP contribution in [-0.4, -0.2) is 84.5 Å². The topological polar surface area (TPSA) is 154 Å². The zero-order valence-corrected chi connectivity index (χ0v) is 24.2. The van der Waals surface area contributed by atoms with E-state index in [2.05, 4.69) is 49.2 Å². The molecule has 1 aliphatic rings. The normalized spacial score (nSPS) is 14.0. The van der Waals surface area contributed by atoms with Crippen molar-refractivity contribution in [3.05, 3.63) is 93.6 Å². The summed E-state index contributed by atoms with van der Waals surface area (Å²) in [6.45, 7) is 4.09. The van der Waals surface area contributed by atoms with Crippen molar-refractivity contribution in [2.24, 2.45) is 0 Å². The lowest BCUT2D eigenvalue weighted by Gasteiger charge is -2.34. The summed E-state index contributed by atoms with van der Waals surface area (Å²) in [5, 5.41) is 11.0. The predicted octanol–water partition coefficient (Wildman–Crippen LogP) is 3.40. The molecule has 2 aromatic carbocycles. The Morgan fingerprint density at radius 3 is 2.33 bits per heavy atom. The van der Waals surface area contributed by atoms with E-state index in [9.17, 15) is 22.8 Å². The van der Waals surface area contributed by atoms with E-state index < -0.39 is 12.1 Å². The molecule has 5 heterocycles. The van der Waals surface area contributed by atoms with Gasteiger partial charge in [-0.2, -0.15) is 17.7 Å². The highest BCUT2D eigenvalue weighted by Gasteiger charge is 2.38. The zero-order chi connectivity index (χ0) is 32.6. The monoisotopic (exact) mass is 633 g/mol. The lowest BCUT2D eigenvalue weighted by atomic mass is 10.2. The van der Waals surface area contributed by atoms with E-state index in [1.54, 1.807) is 35.1 Å². The maximum atomic E-state index is 13.7. The molecule has 0 bridgehead atoms. The molecule has 6 aromatic rings. The lowest BCUT2D eigenvalue weighted by Crippen LogP contribution is -2.44. The SMILES string of the molecule is CN1CCN(c2ccc(Nc3ncc4c(=O)n5c(nc4[nH]3)c3c(=O)cccc3n5-c3ccccn3)cc2)CC1.O=C(O)C(F)(F)F. The van der Waals surface area contributed by atoms with Gasteiger partial charge in [0.2, 0.25) is 5.95 Å². The minimum absolute atomic E-state index is 0.223. The third-order valence-electron chi connectivity index (χ3n) is 7.42. The summed E-state index contributed by atoms with van der Waals surface area (Å²) in [7, 11) is 2.14. The minimum Gasteiger partial charge on any atom is -0.475 e. The molecule has 0 atom stereocenters. The maximum Gasteiger partial charge on any atom is 0.490 e. The third-order valence-corrected chi connectivity index (χ3v) is 7.42. The van der Waals surface area contributed by atoms with Crippen LogP contribution in [0.3, 0.4) is 0 Å². The summed E-state index contributed by atoms with van der Waals surface area (Å²) >= 11 is 0. The average Bonchev–Trinajstić information content (AvgIpc) is 3.38. The first-order chi connectivity index (χ1) is 22.0. The second-order valence-corrected chi connectivity index (χ2v) is 10.5. The fourth-order valence-corrected chi connectivity index (χ4v) is 5.11. The second-order valence-electron chi connectivity index (χ2n) is 10.5. The number of rotatable bonds is 4. The Bertz CT molecular complexity index is 2170. The number of fused-ring (bicyclic) bond motifs is 4. The molecule has 0 amide bonds. The number of H-pyrrole nitrogens is 1. The molecule has 13 nitrogen and oxygen atoms in total. The fourth-order valence-electron chi connectivity index (χ4n) is 5.11. The summed E-state index contributed by atoms with van der Waals surface area (Å²) in [6.07, 6.45) is -1.95. The Balaban J connectivity index is 0.000000480. The number of carbonyl (C=O) groups is 1. The molecule has 236 valence electrons. The molecule has 1 aliphatic heterocycles. The molecule has 3 N–H and O–H groups in total. The van der Waals surface area contributed by atoms with Crippen LogP contribution in [0.4, 0.5) is 30.5 Å². The van der Waals surface area contributed by atoms with Crippen molar-refractivity contribution in [2.75, 3.05) is 43.4 Å². The molecule has 0 aliphatic carbocycles. The standard InChI is InChI=1S/C28H25N9O2.C2HF3O2/c1-34-13-15-35(16-14-34)19-10-8-18(9-11-19)31-28-30-17-20-25(33-28)32-26-24-21(5-4-6-22(24)38)36(37(26)27(20)39)23-7-2-3-12-29-23;3-2(4,5)1(6)7/h2-12,17H,13-16H2,1H3,(H2,30,31,32,33);(H,6,7). The molecular formula is C30H26F3N9O4. The van der Waals surface area contributed by atoms with E-state index in [0.29, 0.717) is 28.3 Å². The van der Waals surface area contributed by atoms with Crippen LogP contribution in [0.5, 0.6) is 0 Å². The van der Waals surface area contributed by atoms with Gasteiger partial charge in [-0.25, -0.2) is 24.4 Å². The molecule has 1 saturated heterocycles. The van der Waals surface area contributed by atoms with Gasteiger partial charge in [-0.1, -0.05) is 12.1 Å². The summed E-state index contributed by atoms with van der Waals surface area (Å²) < 4.78 is 34.7. The number of pyridine rings is 1. The molecular weight excluding hydrogens is 607 g/mol. The summed E-state index contributed by atoms with van der Waals surface area (Å²) in [5.41, 5.74) is 2.58. The summed E-state index contributed by atoms with van der Waals surface area (Å²) in [6, 6.07) is 18.5. The number of hydrogen-bond donors (Lipinski definition) is 3. The van der Waals surface area contributed by atoms with Crippen LogP contribution < -0.4 is 21.2 Å². The van der Waals surface area contributed by atoms with Gasteiger partial charge < -0.3 is 25.2 Å². The van der Waals surface area contributed by atoms with Crippen LogP contribution in [0.25, 0.3) is 33.4 Å². The van der Waals surface area contributed by atoms with Gasteiger partial charge in [-0.3, -0.25) is 9.59 Å². The van der Waals surface area contributed by atoms with Crippen molar-refractivity contribution in [2.45, 2.75) is 6.18 Å². The van der Waals surface area contributed by atoms with Crippen LogP contribution in [-0.2, 0) is 4.79 Å². The van der Waals surface area contributed by atoms with Crippen molar-refractivity contribution in [3.63, 3.8) is 0 Å². The van der Waals surface area contributed by atoms with E-state index >= 15 is 0 Å². The summed E-state index contributed by atoms with van der Waals surface area (Å²) in [4.78, 5) is 57.0.